The molecular weight excluding hydrogens is 354 g/mol. The monoisotopic (exact) mass is 377 g/mol. The highest BCUT2D eigenvalue weighted by Gasteiger charge is 2.40. The van der Waals surface area contributed by atoms with E-state index in [1.54, 1.807) is 31.3 Å². The van der Waals surface area contributed by atoms with E-state index in [1.165, 1.54) is 30.3 Å². The lowest BCUT2D eigenvalue weighted by molar-refractivity contribution is -0.117. The van der Waals surface area contributed by atoms with Crippen molar-refractivity contribution < 1.29 is 9.32 Å². The van der Waals surface area contributed by atoms with Gasteiger partial charge in [0.1, 0.15) is 5.76 Å². The Bertz CT molecular complexity index is 1110. The van der Waals surface area contributed by atoms with Crippen molar-refractivity contribution in [2.24, 2.45) is 17.8 Å². The summed E-state index contributed by atoms with van der Waals surface area (Å²) < 4.78 is 6.54. The second-order valence-corrected chi connectivity index (χ2v) is 8.24. The van der Waals surface area contributed by atoms with Crippen molar-refractivity contribution >= 4 is 22.4 Å². The fourth-order valence-electron chi connectivity index (χ4n) is 5.10. The molecule has 6 heteroatoms. The van der Waals surface area contributed by atoms with Gasteiger partial charge in [-0.3, -0.25) is 14.2 Å². The van der Waals surface area contributed by atoms with Gasteiger partial charge in [0.15, 0.2) is 5.82 Å². The number of pyridine rings is 1. The molecule has 1 aromatic carbocycles. The van der Waals surface area contributed by atoms with Crippen LogP contribution in [-0.2, 0) is 4.79 Å². The van der Waals surface area contributed by atoms with Crippen LogP contribution in [0.4, 0.5) is 5.69 Å². The van der Waals surface area contributed by atoms with Crippen molar-refractivity contribution in [1.29, 1.82) is 0 Å². The number of carbonyl (C=O) groups is 1. The van der Waals surface area contributed by atoms with E-state index in [-0.39, 0.29) is 11.5 Å². The molecule has 2 aliphatic rings. The van der Waals surface area contributed by atoms with Crippen molar-refractivity contribution in [3.05, 3.63) is 52.6 Å². The van der Waals surface area contributed by atoms with Crippen molar-refractivity contribution in [2.45, 2.75) is 39.0 Å². The zero-order valence-corrected chi connectivity index (χ0v) is 15.9. The molecular formula is C22H23N3O3. The fraction of sp³-hybridized carbons (Fsp3) is 0.409. The predicted molar refractivity (Wildman–Crippen MR) is 107 cm³/mol. The van der Waals surface area contributed by atoms with Crippen LogP contribution in [0.5, 0.6) is 0 Å². The molecule has 6 nitrogen and oxygen atoms in total. The molecule has 3 atom stereocenters. The molecule has 2 aromatic heterocycles. The lowest BCUT2D eigenvalue weighted by atomic mass is 9.86. The number of nitrogens with zero attached hydrogens (tertiary/aromatic N) is 2. The zero-order valence-electron chi connectivity index (χ0n) is 15.9. The smallest absolute Gasteiger partial charge is 0.264 e. The lowest BCUT2D eigenvalue weighted by Gasteiger charge is -2.21. The number of amides is 1. The topological polar surface area (TPSA) is 77.1 Å². The van der Waals surface area contributed by atoms with Gasteiger partial charge in [0.2, 0.25) is 5.91 Å². The predicted octanol–water partition coefficient (Wildman–Crippen LogP) is 4.05. The summed E-state index contributed by atoms with van der Waals surface area (Å²) in [6, 6.07) is 8.98. The van der Waals surface area contributed by atoms with Crippen LogP contribution in [0.3, 0.4) is 0 Å². The first kappa shape index (κ1) is 17.2. The van der Waals surface area contributed by atoms with E-state index in [2.05, 4.69) is 10.5 Å². The number of rotatable bonds is 4. The summed E-state index contributed by atoms with van der Waals surface area (Å²) in [6.07, 6.45) is 7.35. The first-order valence-electron chi connectivity index (χ1n) is 9.96. The molecule has 1 amide bonds. The van der Waals surface area contributed by atoms with Crippen LogP contribution in [0.1, 0.15) is 37.9 Å². The lowest BCUT2D eigenvalue weighted by Crippen LogP contribution is -2.21. The van der Waals surface area contributed by atoms with E-state index in [1.807, 2.05) is 12.1 Å². The van der Waals surface area contributed by atoms with Gasteiger partial charge in [0.05, 0.1) is 0 Å². The summed E-state index contributed by atoms with van der Waals surface area (Å²) in [4.78, 5) is 25.6. The maximum Gasteiger partial charge on any atom is 0.264 e. The highest BCUT2D eigenvalue weighted by atomic mass is 16.5. The first-order chi connectivity index (χ1) is 13.6. The number of hydrogen-bond donors (Lipinski definition) is 1. The highest BCUT2D eigenvalue weighted by Crippen LogP contribution is 2.49. The molecule has 3 aromatic rings. The Labute approximate surface area is 162 Å². The van der Waals surface area contributed by atoms with E-state index in [4.69, 9.17) is 4.52 Å². The number of aryl methyl sites for hydroxylation is 1. The number of aromatic nitrogens is 2. The van der Waals surface area contributed by atoms with Gasteiger partial charge in [0.25, 0.3) is 5.56 Å². The van der Waals surface area contributed by atoms with Crippen molar-refractivity contribution in [1.82, 2.24) is 9.72 Å². The summed E-state index contributed by atoms with van der Waals surface area (Å²) in [5, 5.41) is 8.24. The van der Waals surface area contributed by atoms with Gasteiger partial charge in [-0.15, -0.1) is 0 Å². The molecule has 0 radical (unpaired) electrons. The van der Waals surface area contributed by atoms with Crippen molar-refractivity contribution in [3.63, 3.8) is 0 Å². The molecule has 0 aliphatic heterocycles. The number of hydrogen-bond acceptors (Lipinski definition) is 4. The van der Waals surface area contributed by atoms with Gasteiger partial charge in [-0.05, 0) is 62.1 Å². The second-order valence-electron chi connectivity index (χ2n) is 8.24. The number of carbonyl (C=O) groups excluding carboxylic acids is 1. The first-order valence-corrected chi connectivity index (χ1v) is 9.96. The Morgan fingerprint density at radius 1 is 1.25 bits per heavy atom. The van der Waals surface area contributed by atoms with Gasteiger partial charge in [-0.25, -0.2) is 0 Å². The third-order valence-electron chi connectivity index (χ3n) is 6.41. The van der Waals surface area contributed by atoms with E-state index in [0.29, 0.717) is 35.0 Å². The molecule has 28 heavy (non-hydrogen) atoms. The number of fused-ring (bicyclic) bond motifs is 3. The van der Waals surface area contributed by atoms with Crippen molar-refractivity contribution in [2.75, 3.05) is 5.32 Å². The Balaban J connectivity index is 1.41. The molecule has 144 valence electrons. The summed E-state index contributed by atoms with van der Waals surface area (Å²) in [7, 11) is 0. The van der Waals surface area contributed by atoms with Crippen LogP contribution in [-0.4, -0.2) is 15.6 Å². The Morgan fingerprint density at radius 3 is 2.86 bits per heavy atom. The summed E-state index contributed by atoms with van der Waals surface area (Å²) >= 11 is 0. The van der Waals surface area contributed by atoms with Crippen LogP contribution in [0.15, 0.2) is 45.8 Å². The van der Waals surface area contributed by atoms with Crippen LogP contribution in [0.25, 0.3) is 16.6 Å². The van der Waals surface area contributed by atoms with Crippen LogP contribution >= 0.6 is 0 Å². The summed E-state index contributed by atoms with van der Waals surface area (Å²) in [5.74, 6) is 3.21. The van der Waals surface area contributed by atoms with Gasteiger partial charge < -0.3 is 9.84 Å². The Kier molecular flexibility index (Phi) is 4.07. The molecule has 1 N–H and O–H groups in total. The summed E-state index contributed by atoms with van der Waals surface area (Å²) in [5.41, 5.74) is 0.501. The molecule has 0 spiro atoms. The van der Waals surface area contributed by atoms with Crippen molar-refractivity contribution in [3.8, 4) is 5.82 Å². The van der Waals surface area contributed by atoms with Gasteiger partial charge in [0, 0.05) is 35.1 Å². The standard InChI is InChI=1S/C22H23N3O3/c1-13-9-20(24-28-13)25-8-7-17-18(22(25)27)3-2-4-19(17)23-21(26)12-16-11-14-5-6-15(16)10-14/h2-4,7-9,14-16H,5-6,10-12H2,1H3,(H,23,26). The normalized spacial score (nSPS) is 23.4. The fourth-order valence-corrected chi connectivity index (χ4v) is 5.10. The highest BCUT2D eigenvalue weighted by molar-refractivity contribution is 6.01. The van der Waals surface area contributed by atoms with Gasteiger partial charge >= 0.3 is 0 Å². The molecule has 2 fully saturated rings. The molecule has 2 aliphatic carbocycles. The Hall–Kier alpha value is -2.89. The summed E-state index contributed by atoms with van der Waals surface area (Å²) in [6.45, 7) is 1.78. The minimum atomic E-state index is -0.185. The van der Waals surface area contributed by atoms with Gasteiger partial charge in [-0.1, -0.05) is 17.6 Å². The number of nitrogens with one attached hydrogen (secondary N) is 1. The van der Waals surface area contributed by atoms with E-state index < -0.39 is 0 Å². The number of benzene rings is 1. The zero-order chi connectivity index (χ0) is 19.3. The van der Waals surface area contributed by atoms with E-state index >= 15 is 0 Å². The number of anilines is 1. The van der Waals surface area contributed by atoms with Crippen LogP contribution in [0.2, 0.25) is 0 Å². The Morgan fingerprint density at radius 2 is 2.14 bits per heavy atom. The SMILES string of the molecule is Cc1cc(-n2ccc3c(NC(=O)CC4CC5CCC4C5)cccc3c2=O)no1. The maximum absolute atomic E-state index is 12.9. The third kappa shape index (κ3) is 2.93. The third-order valence-corrected chi connectivity index (χ3v) is 6.41. The minimum absolute atomic E-state index is 0.0429. The van der Waals surface area contributed by atoms with Crippen LogP contribution < -0.4 is 10.9 Å². The molecule has 3 unspecified atom stereocenters. The second kappa shape index (κ2) is 6.62. The molecule has 5 rings (SSSR count). The van der Waals surface area contributed by atoms with E-state index in [0.717, 1.165) is 17.2 Å². The average Bonchev–Trinajstić information content (AvgIpc) is 3.40. The molecule has 0 saturated heterocycles. The van der Waals surface area contributed by atoms with Crippen LogP contribution in [0, 0.1) is 24.7 Å². The van der Waals surface area contributed by atoms with E-state index in [9.17, 15) is 9.59 Å². The largest absolute Gasteiger partial charge is 0.360 e. The minimum Gasteiger partial charge on any atom is -0.360 e. The molecule has 2 bridgehead atoms. The molecule has 2 heterocycles. The molecule has 2 saturated carbocycles. The van der Waals surface area contributed by atoms with Gasteiger partial charge in [-0.2, -0.15) is 0 Å². The quantitative estimate of drug-likeness (QED) is 0.744. The maximum atomic E-state index is 12.9. The average molecular weight is 377 g/mol.